The number of alkyl halides is 3. The minimum absolute atomic E-state index is 0.0184. The van der Waals surface area contributed by atoms with Crippen LogP contribution in [0.2, 0.25) is 0 Å². The molecule has 0 saturated carbocycles. The highest BCUT2D eigenvalue weighted by atomic mass is 79.9. The lowest BCUT2D eigenvalue weighted by atomic mass is 10.3. The van der Waals surface area contributed by atoms with Crippen molar-refractivity contribution in [2.45, 2.75) is 6.18 Å². The van der Waals surface area contributed by atoms with Crippen molar-refractivity contribution in [3.63, 3.8) is 0 Å². The second-order valence-electron chi connectivity index (χ2n) is 6.54. The molecule has 2 aromatic heterocycles. The molecule has 3 aromatic rings. The Bertz CT molecular complexity index is 1370. The van der Waals surface area contributed by atoms with Gasteiger partial charge in [0.25, 0.3) is 5.56 Å². The van der Waals surface area contributed by atoms with Gasteiger partial charge in [-0.05, 0) is 34.1 Å². The van der Waals surface area contributed by atoms with E-state index in [1.165, 1.54) is 19.2 Å². The molecule has 0 fully saturated rings. The summed E-state index contributed by atoms with van der Waals surface area (Å²) < 4.78 is 69.6. The predicted molar refractivity (Wildman–Crippen MR) is 112 cm³/mol. The number of rotatable bonds is 6. The predicted octanol–water partition coefficient (Wildman–Crippen LogP) is 3.20. The molecule has 0 aliphatic rings. The van der Waals surface area contributed by atoms with Crippen LogP contribution in [0, 0.1) is 5.82 Å². The fourth-order valence-electron chi connectivity index (χ4n) is 2.72. The van der Waals surface area contributed by atoms with Crippen LogP contribution in [0.4, 0.5) is 17.6 Å². The summed E-state index contributed by atoms with van der Waals surface area (Å²) >= 11 is 3.04. The molecular weight excluding hydrogens is 534 g/mol. The number of ether oxygens (including phenoxy) is 3. The van der Waals surface area contributed by atoms with Crippen LogP contribution in [0.15, 0.2) is 50.5 Å². The zero-order valence-corrected chi connectivity index (χ0v) is 18.9. The van der Waals surface area contributed by atoms with E-state index in [0.717, 1.165) is 13.1 Å². The van der Waals surface area contributed by atoms with Crippen LogP contribution in [0.1, 0.15) is 5.69 Å². The van der Waals surface area contributed by atoms with Crippen molar-refractivity contribution < 1.29 is 36.6 Å². The first-order chi connectivity index (χ1) is 15.9. The summed E-state index contributed by atoms with van der Waals surface area (Å²) in [6, 6.07) is 6.97. The van der Waals surface area contributed by atoms with E-state index in [1.54, 1.807) is 12.1 Å². The van der Waals surface area contributed by atoms with Gasteiger partial charge in [0.05, 0.1) is 11.6 Å². The zero-order valence-electron chi connectivity index (χ0n) is 17.4. The SMILES string of the molecule is COC(=O)COc1ccccc1Oc1nc(-n2c(=O)cc(C(F)(F)F)n(C)c2=O)c(F)cc1Br. The lowest BCUT2D eigenvalue weighted by Gasteiger charge is -2.15. The number of aromatic nitrogens is 3. The Morgan fingerprint density at radius 3 is 2.41 bits per heavy atom. The summed E-state index contributed by atoms with van der Waals surface area (Å²) in [6.45, 7) is -0.447. The van der Waals surface area contributed by atoms with Crippen molar-refractivity contribution in [2.75, 3.05) is 13.7 Å². The van der Waals surface area contributed by atoms with Crippen LogP contribution in [-0.2, 0) is 22.8 Å². The highest BCUT2D eigenvalue weighted by Gasteiger charge is 2.35. The van der Waals surface area contributed by atoms with Crippen LogP contribution < -0.4 is 20.7 Å². The number of para-hydroxylation sites is 2. The molecule has 0 saturated heterocycles. The van der Waals surface area contributed by atoms with Gasteiger partial charge in [0.15, 0.2) is 29.7 Å². The minimum atomic E-state index is -4.99. The molecule has 0 amide bonds. The first kappa shape index (κ1) is 25.0. The molecule has 0 radical (unpaired) electrons. The van der Waals surface area contributed by atoms with Gasteiger partial charge in [0.1, 0.15) is 5.69 Å². The van der Waals surface area contributed by atoms with Gasteiger partial charge in [-0.3, -0.25) is 9.36 Å². The number of benzene rings is 1. The maximum Gasteiger partial charge on any atom is 0.431 e. The molecule has 0 bridgehead atoms. The van der Waals surface area contributed by atoms with Gasteiger partial charge >= 0.3 is 17.8 Å². The summed E-state index contributed by atoms with van der Waals surface area (Å²) in [4.78, 5) is 40.0. The highest BCUT2D eigenvalue weighted by Crippen LogP contribution is 2.35. The van der Waals surface area contributed by atoms with Crippen molar-refractivity contribution in [1.82, 2.24) is 14.1 Å². The topological polar surface area (TPSA) is 102 Å². The van der Waals surface area contributed by atoms with Gasteiger partial charge in [0.2, 0.25) is 5.88 Å². The monoisotopic (exact) mass is 547 g/mol. The molecule has 14 heteroatoms. The first-order valence-corrected chi connectivity index (χ1v) is 9.96. The molecular formula is C20H14BrF4N3O6. The van der Waals surface area contributed by atoms with E-state index in [9.17, 15) is 31.9 Å². The van der Waals surface area contributed by atoms with E-state index in [-0.39, 0.29) is 37.1 Å². The number of methoxy groups -OCH3 is 1. The van der Waals surface area contributed by atoms with Gasteiger partial charge in [0, 0.05) is 13.1 Å². The summed E-state index contributed by atoms with van der Waals surface area (Å²) in [5.74, 6) is -2.99. The molecule has 180 valence electrons. The van der Waals surface area contributed by atoms with E-state index >= 15 is 0 Å². The third-order valence-corrected chi connectivity index (χ3v) is 4.90. The number of carbonyl (C=O) groups is 1. The van der Waals surface area contributed by atoms with Gasteiger partial charge in [-0.15, -0.1) is 0 Å². The number of hydrogen-bond donors (Lipinski definition) is 0. The quantitative estimate of drug-likeness (QED) is 0.345. The normalized spacial score (nSPS) is 11.3. The summed E-state index contributed by atoms with van der Waals surface area (Å²) in [6.07, 6.45) is -4.99. The van der Waals surface area contributed by atoms with Crippen molar-refractivity contribution in [2.24, 2.45) is 7.05 Å². The second kappa shape index (κ2) is 9.67. The molecule has 1 aromatic carbocycles. The van der Waals surface area contributed by atoms with Crippen molar-refractivity contribution in [3.05, 3.63) is 73.2 Å². The number of carbonyl (C=O) groups excluding carboxylic acids is 1. The van der Waals surface area contributed by atoms with Crippen LogP contribution in [-0.4, -0.2) is 33.8 Å². The largest absolute Gasteiger partial charge is 0.478 e. The number of nitrogens with zero attached hydrogens (tertiary/aromatic N) is 3. The zero-order chi connectivity index (χ0) is 25.2. The molecule has 0 unspecified atom stereocenters. The Morgan fingerprint density at radius 2 is 1.79 bits per heavy atom. The van der Waals surface area contributed by atoms with E-state index in [0.29, 0.717) is 0 Å². The molecule has 0 atom stereocenters. The van der Waals surface area contributed by atoms with E-state index in [2.05, 4.69) is 25.7 Å². The van der Waals surface area contributed by atoms with E-state index in [4.69, 9.17) is 9.47 Å². The molecule has 9 nitrogen and oxygen atoms in total. The number of halogens is 5. The Labute approximate surface area is 196 Å². The van der Waals surface area contributed by atoms with Crippen LogP contribution in [0.5, 0.6) is 17.4 Å². The van der Waals surface area contributed by atoms with Gasteiger partial charge in [-0.25, -0.2) is 18.5 Å². The van der Waals surface area contributed by atoms with Crippen molar-refractivity contribution in [3.8, 4) is 23.2 Å². The van der Waals surface area contributed by atoms with E-state index in [1.807, 2.05) is 0 Å². The molecule has 0 spiro atoms. The molecule has 3 rings (SSSR count). The molecule has 34 heavy (non-hydrogen) atoms. The molecule has 2 heterocycles. The van der Waals surface area contributed by atoms with Crippen molar-refractivity contribution in [1.29, 1.82) is 0 Å². The summed E-state index contributed by atoms with van der Waals surface area (Å²) in [7, 11) is 1.95. The Morgan fingerprint density at radius 1 is 1.15 bits per heavy atom. The first-order valence-electron chi connectivity index (χ1n) is 9.17. The van der Waals surface area contributed by atoms with Crippen molar-refractivity contribution >= 4 is 21.9 Å². The lowest BCUT2D eigenvalue weighted by Crippen LogP contribution is -2.41. The van der Waals surface area contributed by atoms with Gasteiger partial charge in [-0.1, -0.05) is 12.1 Å². The number of hydrogen-bond acceptors (Lipinski definition) is 7. The van der Waals surface area contributed by atoms with E-state index < -0.39 is 47.3 Å². The van der Waals surface area contributed by atoms with Crippen LogP contribution >= 0.6 is 15.9 Å². The maximum atomic E-state index is 14.7. The average Bonchev–Trinajstić information content (AvgIpc) is 2.77. The fourth-order valence-corrected chi connectivity index (χ4v) is 3.09. The smallest absolute Gasteiger partial charge is 0.431 e. The van der Waals surface area contributed by atoms with Crippen LogP contribution in [0.3, 0.4) is 0 Å². The molecule has 0 N–H and O–H groups in total. The molecule has 0 aliphatic heterocycles. The Hall–Kier alpha value is -3.68. The Kier molecular flexibility index (Phi) is 7.09. The maximum absolute atomic E-state index is 14.7. The summed E-state index contributed by atoms with van der Waals surface area (Å²) in [5.41, 5.74) is -4.43. The lowest BCUT2D eigenvalue weighted by molar-refractivity contribution is -0.144. The standard InChI is InChI=1S/C20H14BrF4N3O6/c1-27-14(20(23,24)25)8-15(29)28(19(27)31)17-11(22)7-10(21)18(26-17)34-13-6-4-3-5-12(13)33-9-16(30)32-2/h3-8H,9H2,1-2H3. The number of esters is 1. The molecule has 0 aliphatic carbocycles. The number of pyridine rings is 1. The van der Waals surface area contributed by atoms with Crippen LogP contribution in [0.25, 0.3) is 5.82 Å². The average molecular weight is 548 g/mol. The highest BCUT2D eigenvalue weighted by molar-refractivity contribution is 9.10. The summed E-state index contributed by atoms with van der Waals surface area (Å²) in [5, 5.41) is 0. The third-order valence-electron chi connectivity index (χ3n) is 4.33. The van der Waals surface area contributed by atoms with Gasteiger partial charge < -0.3 is 14.2 Å². The fraction of sp³-hybridized carbons (Fsp3) is 0.200. The third kappa shape index (κ3) is 5.11. The van der Waals surface area contributed by atoms with Gasteiger partial charge in [-0.2, -0.15) is 18.2 Å². The Balaban J connectivity index is 2.08. The second-order valence-corrected chi connectivity index (χ2v) is 7.39. The minimum Gasteiger partial charge on any atom is -0.478 e.